The van der Waals surface area contributed by atoms with E-state index < -0.39 is 39.0 Å². The van der Waals surface area contributed by atoms with Crippen LogP contribution < -0.4 is 0 Å². The van der Waals surface area contributed by atoms with Crippen LogP contribution in [0.25, 0.3) is 0 Å². The first-order valence-electron chi connectivity index (χ1n) is 3.71. The fraction of sp³-hybridized carbons (Fsp3) is 1.00. The third kappa shape index (κ3) is 2.72. The van der Waals surface area contributed by atoms with Gasteiger partial charge in [0.1, 0.15) is 18.3 Å². The molecule has 14 heavy (non-hydrogen) atoms. The maximum Gasteiger partial charge on any atom is 0.472 e. The van der Waals surface area contributed by atoms with Crippen LogP contribution in [-0.4, -0.2) is 56.3 Å². The van der Waals surface area contributed by atoms with Gasteiger partial charge in [0.15, 0.2) is 6.29 Å². The van der Waals surface area contributed by atoms with Crippen LogP contribution in [0.5, 0.6) is 0 Å². The van der Waals surface area contributed by atoms with Gasteiger partial charge in [-0.3, -0.25) is 4.52 Å². The van der Waals surface area contributed by atoms with E-state index in [9.17, 15) is 4.57 Å². The Hall–Kier alpha value is -0.0500. The van der Waals surface area contributed by atoms with Gasteiger partial charge in [-0.2, -0.15) is 0 Å². The van der Waals surface area contributed by atoms with E-state index in [-0.39, 0.29) is 0 Å². The van der Waals surface area contributed by atoms with E-state index in [0.717, 1.165) is 0 Å². The maximum absolute atomic E-state index is 10.4. The number of aliphatic hydroxyl groups excluding tert-OH is 3. The minimum atomic E-state index is -4.79. The molecule has 1 fully saturated rings. The summed E-state index contributed by atoms with van der Waals surface area (Å²) in [5, 5.41) is 26.9. The smallest absolute Gasteiger partial charge is 0.394 e. The molecule has 0 spiro atoms. The van der Waals surface area contributed by atoms with Gasteiger partial charge in [0.2, 0.25) is 0 Å². The summed E-state index contributed by atoms with van der Waals surface area (Å²) in [6.45, 7) is -0.584. The number of phosphoric acid groups is 1. The van der Waals surface area contributed by atoms with Crippen molar-refractivity contribution >= 4 is 7.82 Å². The lowest BCUT2D eigenvalue weighted by atomic mass is 10.1. The van der Waals surface area contributed by atoms with Crippen LogP contribution in [0.4, 0.5) is 0 Å². The average Bonchev–Trinajstić information content (AvgIpc) is 2.30. The zero-order chi connectivity index (χ0) is 10.9. The van der Waals surface area contributed by atoms with Crippen LogP contribution in [-0.2, 0) is 13.8 Å². The zero-order valence-electron chi connectivity index (χ0n) is 6.92. The largest absolute Gasteiger partial charge is 0.472 e. The normalized spacial score (nSPS) is 38.9. The highest BCUT2D eigenvalue weighted by Crippen LogP contribution is 2.40. The van der Waals surface area contributed by atoms with Crippen LogP contribution in [0.3, 0.4) is 0 Å². The predicted molar refractivity (Wildman–Crippen MR) is 40.9 cm³/mol. The fourth-order valence-electron chi connectivity index (χ4n) is 1.09. The molecule has 84 valence electrons. The lowest BCUT2D eigenvalue weighted by Gasteiger charge is -2.15. The van der Waals surface area contributed by atoms with Gasteiger partial charge in [0.25, 0.3) is 0 Å². The molecule has 0 aromatic rings. The summed E-state index contributed by atoms with van der Waals surface area (Å²) >= 11 is 0. The van der Waals surface area contributed by atoms with Crippen molar-refractivity contribution < 1.29 is 38.9 Å². The molecule has 9 heteroatoms. The second kappa shape index (κ2) is 4.21. The van der Waals surface area contributed by atoms with E-state index in [1.807, 2.05) is 0 Å². The number of hydrogen-bond acceptors (Lipinski definition) is 6. The molecule has 4 atom stereocenters. The summed E-state index contributed by atoms with van der Waals surface area (Å²) in [5.74, 6) is 0. The Morgan fingerprint density at radius 3 is 2.21 bits per heavy atom. The molecule has 1 aliphatic heterocycles. The highest BCUT2D eigenvalue weighted by Gasteiger charge is 2.45. The first-order valence-corrected chi connectivity index (χ1v) is 5.24. The van der Waals surface area contributed by atoms with E-state index in [4.69, 9.17) is 25.1 Å². The molecule has 1 heterocycles. The second-order valence-electron chi connectivity index (χ2n) is 2.80. The summed E-state index contributed by atoms with van der Waals surface area (Å²) < 4.78 is 19.1. The Labute approximate surface area is 78.9 Å². The SMILES string of the molecule is O=P(O)(O)O[C@@H]1O[C@@H](CO)[C@H](O)[C@H]1O. The third-order valence-electron chi connectivity index (χ3n) is 1.74. The molecule has 5 N–H and O–H groups in total. The van der Waals surface area contributed by atoms with E-state index in [1.165, 1.54) is 0 Å². The predicted octanol–water partition coefficient (Wildman–Crippen LogP) is -2.47. The lowest BCUT2D eigenvalue weighted by Crippen LogP contribution is -2.34. The number of hydrogen-bond donors (Lipinski definition) is 5. The van der Waals surface area contributed by atoms with Crippen molar-refractivity contribution in [2.75, 3.05) is 6.61 Å². The van der Waals surface area contributed by atoms with Gasteiger partial charge >= 0.3 is 7.82 Å². The maximum atomic E-state index is 10.4. The van der Waals surface area contributed by atoms with Crippen LogP contribution in [0.15, 0.2) is 0 Å². The molecule has 0 saturated carbocycles. The minimum Gasteiger partial charge on any atom is -0.394 e. The molecule has 0 bridgehead atoms. The van der Waals surface area contributed by atoms with Crippen molar-refractivity contribution in [1.82, 2.24) is 0 Å². The lowest BCUT2D eigenvalue weighted by molar-refractivity contribution is -0.126. The highest BCUT2D eigenvalue weighted by atomic mass is 31.2. The van der Waals surface area contributed by atoms with Crippen molar-refractivity contribution in [3.63, 3.8) is 0 Å². The van der Waals surface area contributed by atoms with Gasteiger partial charge in [0, 0.05) is 0 Å². The van der Waals surface area contributed by atoms with E-state index in [1.54, 1.807) is 0 Å². The molecule has 0 aromatic carbocycles. The van der Waals surface area contributed by atoms with Crippen molar-refractivity contribution in [2.24, 2.45) is 0 Å². The van der Waals surface area contributed by atoms with Gasteiger partial charge in [-0.25, -0.2) is 4.57 Å². The monoisotopic (exact) mass is 230 g/mol. The Kier molecular flexibility index (Phi) is 3.62. The Morgan fingerprint density at radius 2 is 1.86 bits per heavy atom. The quantitative estimate of drug-likeness (QED) is 0.336. The van der Waals surface area contributed by atoms with Crippen molar-refractivity contribution in [1.29, 1.82) is 0 Å². The van der Waals surface area contributed by atoms with Gasteiger partial charge in [0.05, 0.1) is 6.61 Å². The van der Waals surface area contributed by atoms with Crippen LogP contribution >= 0.6 is 7.82 Å². The molecule has 0 amide bonds. The number of ether oxygens (including phenoxy) is 1. The molecular weight excluding hydrogens is 219 g/mol. The summed E-state index contributed by atoms with van der Waals surface area (Å²) in [5.41, 5.74) is 0. The Bertz CT molecular complexity index is 238. The molecular formula is C5H11O8P. The summed E-state index contributed by atoms with van der Waals surface area (Å²) in [7, 11) is -4.79. The second-order valence-corrected chi connectivity index (χ2v) is 3.99. The van der Waals surface area contributed by atoms with E-state index in [0.29, 0.717) is 0 Å². The summed E-state index contributed by atoms with van der Waals surface area (Å²) in [4.78, 5) is 16.8. The fourth-order valence-corrected chi connectivity index (χ4v) is 1.53. The molecule has 0 radical (unpaired) electrons. The number of aliphatic hydroxyl groups is 3. The molecule has 0 aromatic heterocycles. The summed E-state index contributed by atoms with van der Waals surface area (Å²) in [6.07, 6.45) is -5.78. The molecule has 0 unspecified atom stereocenters. The molecule has 0 aliphatic carbocycles. The first kappa shape index (κ1) is 12.0. The molecule has 8 nitrogen and oxygen atoms in total. The molecule has 1 saturated heterocycles. The Morgan fingerprint density at radius 1 is 1.29 bits per heavy atom. The summed E-state index contributed by atoms with van der Waals surface area (Å²) in [6, 6.07) is 0. The minimum absolute atomic E-state index is 0.584. The van der Waals surface area contributed by atoms with Crippen LogP contribution in [0.2, 0.25) is 0 Å². The number of rotatable bonds is 3. The molecule has 1 aliphatic rings. The molecule has 1 rings (SSSR count). The standard InChI is InChI=1S/C5H11O8P/c6-1-2-3(7)4(8)5(12-2)13-14(9,10)11/h2-8H,1H2,(H2,9,10,11)/t2-,3-,4+,5-/m0/s1. The highest BCUT2D eigenvalue weighted by molar-refractivity contribution is 7.46. The topological polar surface area (TPSA) is 137 Å². The average molecular weight is 230 g/mol. The first-order chi connectivity index (χ1) is 6.35. The van der Waals surface area contributed by atoms with Gasteiger partial charge in [-0.05, 0) is 0 Å². The van der Waals surface area contributed by atoms with Gasteiger partial charge in [-0.15, -0.1) is 0 Å². The van der Waals surface area contributed by atoms with Crippen molar-refractivity contribution in [3.8, 4) is 0 Å². The zero-order valence-corrected chi connectivity index (χ0v) is 7.82. The Balaban J connectivity index is 2.61. The van der Waals surface area contributed by atoms with E-state index >= 15 is 0 Å². The van der Waals surface area contributed by atoms with Crippen molar-refractivity contribution in [3.05, 3.63) is 0 Å². The van der Waals surface area contributed by atoms with Crippen LogP contribution in [0.1, 0.15) is 0 Å². The van der Waals surface area contributed by atoms with E-state index in [2.05, 4.69) is 9.26 Å². The van der Waals surface area contributed by atoms with Gasteiger partial charge in [-0.1, -0.05) is 0 Å². The number of phosphoric ester groups is 1. The van der Waals surface area contributed by atoms with Crippen LogP contribution in [0, 0.1) is 0 Å². The van der Waals surface area contributed by atoms with Gasteiger partial charge < -0.3 is 29.8 Å². The third-order valence-corrected chi connectivity index (χ3v) is 2.22. The van der Waals surface area contributed by atoms with Crippen molar-refractivity contribution in [2.45, 2.75) is 24.6 Å².